The molecule has 1 rings (SSSR count). The molecule has 70 valence electrons. The van der Waals surface area contributed by atoms with Crippen LogP contribution in [0.25, 0.3) is 0 Å². The molecular formula is C8H9NO4. The van der Waals surface area contributed by atoms with Gasteiger partial charge >= 0.3 is 0 Å². The van der Waals surface area contributed by atoms with Gasteiger partial charge in [0.05, 0.1) is 19.8 Å². The van der Waals surface area contributed by atoms with Crippen LogP contribution in [-0.2, 0) is 0 Å². The number of pyridine rings is 1. The number of hydrogen-bond acceptors (Lipinski definition) is 5. The van der Waals surface area contributed by atoms with Gasteiger partial charge < -0.3 is 14.6 Å². The van der Waals surface area contributed by atoms with E-state index >= 15 is 0 Å². The monoisotopic (exact) mass is 183 g/mol. The zero-order chi connectivity index (χ0) is 9.84. The van der Waals surface area contributed by atoms with Crippen LogP contribution in [0.15, 0.2) is 6.07 Å². The maximum absolute atomic E-state index is 10.5. The summed E-state index contributed by atoms with van der Waals surface area (Å²) in [6, 6.07) is 1.23. The third-order valence-electron chi connectivity index (χ3n) is 1.48. The number of ether oxygens (including phenoxy) is 2. The zero-order valence-corrected chi connectivity index (χ0v) is 7.27. The highest BCUT2D eigenvalue weighted by Gasteiger charge is 2.10. The molecule has 0 aliphatic rings. The molecule has 0 fully saturated rings. The van der Waals surface area contributed by atoms with Crippen molar-refractivity contribution in [3.63, 3.8) is 0 Å². The third-order valence-corrected chi connectivity index (χ3v) is 1.48. The molecule has 0 aliphatic heterocycles. The number of aromatic hydroxyl groups is 1. The van der Waals surface area contributed by atoms with Crippen LogP contribution in [0.1, 0.15) is 10.4 Å². The fourth-order valence-corrected chi connectivity index (χ4v) is 0.883. The lowest BCUT2D eigenvalue weighted by Crippen LogP contribution is -1.97. The van der Waals surface area contributed by atoms with E-state index in [-0.39, 0.29) is 23.1 Å². The highest BCUT2D eigenvalue weighted by molar-refractivity contribution is 5.79. The lowest BCUT2D eigenvalue weighted by atomic mass is 10.3. The Balaban J connectivity index is 3.26. The van der Waals surface area contributed by atoms with Crippen molar-refractivity contribution in [2.45, 2.75) is 0 Å². The average Bonchev–Trinajstić information content (AvgIpc) is 2.17. The molecule has 1 aromatic rings. The van der Waals surface area contributed by atoms with Gasteiger partial charge in [-0.1, -0.05) is 0 Å². The normalized spacial score (nSPS) is 9.38. The van der Waals surface area contributed by atoms with Gasteiger partial charge in [0.1, 0.15) is 0 Å². The molecule has 0 atom stereocenters. The van der Waals surface area contributed by atoms with Gasteiger partial charge in [-0.15, -0.1) is 0 Å². The highest BCUT2D eigenvalue weighted by Crippen LogP contribution is 2.28. The molecule has 0 saturated carbocycles. The summed E-state index contributed by atoms with van der Waals surface area (Å²) in [5.74, 6) is -0.0301. The van der Waals surface area contributed by atoms with E-state index in [1.54, 1.807) is 0 Å². The van der Waals surface area contributed by atoms with Crippen LogP contribution in [0.5, 0.6) is 17.5 Å². The lowest BCUT2D eigenvalue weighted by Gasteiger charge is -2.06. The van der Waals surface area contributed by atoms with E-state index < -0.39 is 0 Å². The summed E-state index contributed by atoms with van der Waals surface area (Å²) in [5.41, 5.74) is 0.181. The first-order valence-electron chi connectivity index (χ1n) is 3.50. The number of methoxy groups -OCH3 is 2. The standard InChI is InChI=1S/C8H9NO4/c1-12-7-5(4-10)3-6(11)8(9-7)13-2/h3-4,11H,1-2H3. The summed E-state index contributed by atoms with van der Waals surface area (Å²) in [6.07, 6.45) is 0.547. The van der Waals surface area contributed by atoms with Gasteiger partial charge in [0.15, 0.2) is 12.0 Å². The second kappa shape index (κ2) is 3.75. The number of rotatable bonds is 3. The molecule has 0 bridgehead atoms. The van der Waals surface area contributed by atoms with Crippen LogP contribution in [-0.4, -0.2) is 30.6 Å². The van der Waals surface area contributed by atoms with Gasteiger partial charge in [-0.25, -0.2) is 0 Å². The van der Waals surface area contributed by atoms with E-state index in [4.69, 9.17) is 9.47 Å². The van der Waals surface area contributed by atoms with Gasteiger partial charge in [0.2, 0.25) is 5.88 Å². The van der Waals surface area contributed by atoms with Gasteiger partial charge in [0, 0.05) is 6.07 Å². The second-order valence-electron chi connectivity index (χ2n) is 2.23. The summed E-state index contributed by atoms with van der Waals surface area (Å²) in [4.78, 5) is 14.2. The van der Waals surface area contributed by atoms with Gasteiger partial charge in [-0.2, -0.15) is 4.98 Å². The molecular weight excluding hydrogens is 174 g/mol. The minimum Gasteiger partial charge on any atom is -0.503 e. The van der Waals surface area contributed by atoms with E-state index in [0.29, 0.717) is 6.29 Å². The Morgan fingerprint density at radius 1 is 1.38 bits per heavy atom. The Kier molecular flexibility index (Phi) is 2.69. The number of nitrogens with zero attached hydrogens (tertiary/aromatic N) is 1. The number of carbonyl (C=O) groups is 1. The highest BCUT2D eigenvalue weighted by atomic mass is 16.5. The van der Waals surface area contributed by atoms with Gasteiger partial charge in [-0.05, 0) is 0 Å². The maximum atomic E-state index is 10.5. The summed E-state index contributed by atoms with van der Waals surface area (Å²) >= 11 is 0. The van der Waals surface area contributed by atoms with Crippen LogP contribution < -0.4 is 9.47 Å². The molecule has 0 amide bonds. The summed E-state index contributed by atoms with van der Waals surface area (Å²) in [5, 5.41) is 9.24. The van der Waals surface area contributed by atoms with Crippen LogP contribution in [0.3, 0.4) is 0 Å². The molecule has 1 heterocycles. The third kappa shape index (κ3) is 1.69. The minimum absolute atomic E-state index is 0.0300. The molecule has 0 spiro atoms. The molecule has 0 aromatic carbocycles. The first-order valence-corrected chi connectivity index (χ1v) is 3.50. The summed E-state index contributed by atoms with van der Waals surface area (Å²) in [7, 11) is 2.74. The molecule has 0 aliphatic carbocycles. The zero-order valence-electron chi connectivity index (χ0n) is 7.27. The smallest absolute Gasteiger partial charge is 0.259 e. The van der Waals surface area contributed by atoms with Crippen molar-refractivity contribution in [1.29, 1.82) is 0 Å². The first kappa shape index (κ1) is 9.31. The van der Waals surface area contributed by atoms with Crippen molar-refractivity contribution in [3.8, 4) is 17.5 Å². The van der Waals surface area contributed by atoms with Gasteiger partial charge in [-0.3, -0.25) is 4.79 Å². The summed E-state index contributed by atoms with van der Waals surface area (Å²) < 4.78 is 9.53. The van der Waals surface area contributed by atoms with E-state index in [0.717, 1.165) is 0 Å². The predicted molar refractivity (Wildman–Crippen MR) is 44.4 cm³/mol. The molecule has 0 saturated heterocycles. The average molecular weight is 183 g/mol. The van der Waals surface area contributed by atoms with Crippen molar-refractivity contribution in [3.05, 3.63) is 11.6 Å². The Morgan fingerprint density at radius 3 is 2.46 bits per heavy atom. The molecule has 0 unspecified atom stereocenters. The number of hydrogen-bond donors (Lipinski definition) is 1. The van der Waals surface area contributed by atoms with E-state index in [9.17, 15) is 9.90 Å². The molecule has 13 heavy (non-hydrogen) atoms. The van der Waals surface area contributed by atoms with Crippen molar-refractivity contribution < 1.29 is 19.4 Å². The molecule has 1 aromatic heterocycles. The lowest BCUT2D eigenvalue weighted by molar-refractivity contribution is 0.111. The number of aldehydes is 1. The van der Waals surface area contributed by atoms with E-state index in [1.807, 2.05) is 0 Å². The number of aromatic nitrogens is 1. The van der Waals surface area contributed by atoms with E-state index in [1.165, 1.54) is 20.3 Å². The SMILES string of the molecule is COc1nc(OC)c(C=O)cc1O. The van der Waals surface area contributed by atoms with Crippen LogP contribution >= 0.6 is 0 Å². The second-order valence-corrected chi connectivity index (χ2v) is 2.23. The van der Waals surface area contributed by atoms with Crippen molar-refractivity contribution in [2.75, 3.05) is 14.2 Å². The Labute approximate surface area is 74.9 Å². The Hall–Kier alpha value is -1.78. The van der Waals surface area contributed by atoms with Crippen LogP contribution in [0.4, 0.5) is 0 Å². The quantitative estimate of drug-likeness (QED) is 0.695. The minimum atomic E-state index is -0.189. The van der Waals surface area contributed by atoms with E-state index in [2.05, 4.69) is 4.98 Å². The number of carbonyl (C=O) groups excluding carboxylic acids is 1. The Morgan fingerprint density at radius 2 is 2.00 bits per heavy atom. The van der Waals surface area contributed by atoms with Gasteiger partial charge in [0.25, 0.3) is 5.88 Å². The largest absolute Gasteiger partial charge is 0.503 e. The Bertz CT molecular complexity index is 324. The fraction of sp³-hybridized carbons (Fsp3) is 0.250. The molecule has 5 nitrogen and oxygen atoms in total. The maximum Gasteiger partial charge on any atom is 0.259 e. The molecule has 0 radical (unpaired) electrons. The summed E-state index contributed by atoms with van der Waals surface area (Å²) in [6.45, 7) is 0. The topological polar surface area (TPSA) is 68.7 Å². The predicted octanol–water partition coefficient (Wildman–Crippen LogP) is 0.617. The van der Waals surface area contributed by atoms with Crippen molar-refractivity contribution in [2.24, 2.45) is 0 Å². The van der Waals surface area contributed by atoms with Crippen molar-refractivity contribution >= 4 is 6.29 Å². The molecule has 1 N–H and O–H groups in total. The van der Waals surface area contributed by atoms with Crippen LogP contribution in [0, 0.1) is 0 Å². The van der Waals surface area contributed by atoms with Crippen molar-refractivity contribution in [1.82, 2.24) is 4.98 Å². The fourth-order valence-electron chi connectivity index (χ4n) is 0.883. The molecule has 5 heteroatoms. The first-order chi connectivity index (χ1) is 6.22. The van der Waals surface area contributed by atoms with Crippen LogP contribution in [0.2, 0.25) is 0 Å².